The molecular weight excluding hydrogens is 689 g/mol. The molecule has 0 radical (unpaired) electrons. The van der Waals surface area contributed by atoms with Crippen LogP contribution < -0.4 is 14.5 Å². The maximum atomic E-state index is 9.46. The number of nitrogens with zero attached hydrogens (tertiary/aromatic N) is 6. The molecule has 0 bridgehead atoms. The van der Waals surface area contributed by atoms with Crippen molar-refractivity contribution in [2.24, 2.45) is 0 Å². The van der Waals surface area contributed by atoms with Crippen LogP contribution in [0.1, 0.15) is 30.5 Å². The van der Waals surface area contributed by atoms with Crippen molar-refractivity contribution in [3.8, 4) is 51.7 Å². The number of fused-ring (bicyclic) bond motifs is 4. The van der Waals surface area contributed by atoms with Gasteiger partial charge in [-0.15, -0.1) is 0 Å². The molecule has 7 nitrogen and oxygen atoms in total. The van der Waals surface area contributed by atoms with Gasteiger partial charge in [-0.1, -0.05) is 74.5 Å². The molecule has 8 aromatic rings. The van der Waals surface area contributed by atoms with Crippen molar-refractivity contribution in [2.45, 2.75) is 19.3 Å². The molecule has 1 aromatic heterocycles. The van der Waals surface area contributed by atoms with Crippen LogP contribution in [-0.2, 0) is 5.41 Å². The summed E-state index contributed by atoms with van der Waals surface area (Å²) in [5.74, 6) is 3.23. The van der Waals surface area contributed by atoms with Gasteiger partial charge >= 0.3 is 0 Å². The number of para-hydroxylation sites is 6. The summed E-state index contributed by atoms with van der Waals surface area (Å²) in [7, 11) is 0. The number of ether oxygens (including phenoxy) is 1. The van der Waals surface area contributed by atoms with E-state index in [1.54, 1.807) is 12.1 Å². The van der Waals surface area contributed by atoms with Gasteiger partial charge in [0.25, 0.3) is 0 Å². The molecule has 0 unspecified atom stereocenters. The lowest BCUT2D eigenvalue weighted by Gasteiger charge is -2.42. The van der Waals surface area contributed by atoms with E-state index in [2.05, 4.69) is 127 Å². The molecule has 7 heteroatoms. The van der Waals surface area contributed by atoms with Crippen molar-refractivity contribution in [3.05, 3.63) is 187 Å². The minimum absolute atomic E-state index is 0.137. The molecule has 0 saturated heterocycles. The summed E-state index contributed by atoms with van der Waals surface area (Å²) in [6, 6.07) is 59.7. The molecule has 0 amide bonds. The van der Waals surface area contributed by atoms with E-state index in [1.807, 2.05) is 60.7 Å². The highest BCUT2D eigenvalue weighted by Gasteiger charge is 2.36. The topological polar surface area (TPSA) is 78.2 Å². The Hall–Kier alpha value is -7.56. The van der Waals surface area contributed by atoms with Gasteiger partial charge in [-0.3, -0.25) is 0 Å². The zero-order chi connectivity index (χ0) is 37.8. The van der Waals surface area contributed by atoms with E-state index >= 15 is 0 Å². The molecule has 10 rings (SSSR count). The number of rotatable bonds is 5. The first-order chi connectivity index (χ1) is 27.5. The van der Waals surface area contributed by atoms with Crippen LogP contribution in [-0.4, -0.2) is 15.0 Å². The molecule has 7 aromatic carbocycles. The number of anilines is 6. The Kier molecular flexibility index (Phi) is 7.72. The van der Waals surface area contributed by atoms with Gasteiger partial charge in [0.05, 0.1) is 34.4 Å². The summed E-state index contributed by atoms with van der Waals surface area (Å²) in [6.45, 7) is 4.59. The van der Waals surface area contributed by atoms with Crippen LogP contribution in [0, 0.1) is 11.3 Å². The number of hydrogen-bond acceptors (Lipinski definition) is 7. The van der Waals surface area contributed by atoms with Crippen LogP contribution in [0.2, 0.25) is 0 Å². The molecule has 0 fully saturated rings. The van der Waals surface area contributed by atoms with Gasteiger partial charge in [0.15, 0.2) is 29.0 Å². The fraction of sp³-hybridized carbons (Fsp3) is 0.0612. The molecule has 56 heavy (non-hydrogen) atoms. The Balaban J connectivity index is 1.05. The summed E-state index contributed by atoms with van der Waals surface area (Å²) in [5, 5.41) is 9.46. The summed E-state index contributed by atoms with van der Waals surface area (Å²) >= 11 is 0. The molecule has 2 aliphatic rings. The molecular formula is C49H34N6O. The predicted molar refractivity (Wildman–Crippen MR) is 222 cm³/mol. The molecule has 0 atom stereocenters. The number of hydrogen-bond donors (Lipinski definition) is 0. The second kappa shape index (κ2) is 13.1. The largest absolute Gasteiger partial charge is 0.453 e. The summed E-state index contributed by atoms with van der Waals surface area (Å²) in [4.78, 5) is 19.6. The van der Waals surface area contributed by atoms with E-state index in [-0.39, 0.29) is 5.41 Å². The Morgan fingerprint density at radius 1 is 0.446 bits per heavy atom. The molecule has 0 spiro atoms. The van der Waals surface area contributed by atoms with E-state index in [1.165, 1.54) is 22.5 Å². The van der Waals surface area contributed by atoms with Crippen LogP contribution >= 0.6 is 0 Å². The lowest BCUT2D eigenvalue weighted by Crippen LogP contribution is -2.30. The third kappa shape index (κ3) is 5.47. The Labute approximate surface area is 325 Å². The average Bonchev–Trinajstić information content (AvgIpc) is 3.26. The summed E-state index contributed by atoms with van der Waals surface area (Å²) in [6.07, 6.45) is 0. The number of aromatic nitrogens is 3. The summed E-state index contributed by atoms with van der Waals surface area (Å²) in [5.41, 5.74) is 11.8. The van der Waals surface area contributed by atoms with E-state index < -0.39 is 0 Å². The van der Waals surface area contributed by atoms with Crippen LogP contribution in [0.5, 0.6) is 11.5 Å². The van der Waals surface area contributed by atoms with Crippen LogP contribution in [0.15, 0.2) is 170 Å². The van der Waals surface area contributed by atoms with Gasteiger partial charge in [0.1, 0.15) is 0 Å². The fourth-order valence-electron chi connectivity index (χ4n) is 7.91. The smallest absolute Gasteiger partial charge is 0.164 e. The normalized spacial score (nSPS) is 13.4. The van der Waals surface area contributed by atoms with E-state index in [0.29, 0.717) is 23.0 Å². The number of nitriles is 1. The maximum absolute atomic E-state index is 9.46. The minimum Gasteiger partial charge on any atom is -0.453 e. The summed E-state index contributed by atoms with van der Waals surface area (Å²) < 4.78 is 6.24. The quantitative estimate of drug-likeness (QED) is 0.175. The second-order valence-corrected chi connectivity index (χ2v) is 14.5. The maximum Gasteiger partial charge on any atom is 0.164 e. The van der Waals surface area contributed by atoms with Gasteiger partial charge in [0.2, 0.25) is 0 Å². The second-order valence-electron chi connectivity index (χ2n) is 14.5. The lowest BCUT2D eigenvalue weighted by atomic mass is 9.73. The van der Waals surface area contributed by atoms with Crippen molar-refractivity contribution < 1.29 is 4.74 Å². The molecule has 0 aliphatic carbocycles. The first-order valence-electron chi connectivity index (χ1n) is 18.6. The van der Waals surface area contributed by atoms with Crippen molar-refractivity contribution in [1.82, 2.24) is 15.0 Å². The third-order valence-electron chi connectivity index (χ3n) is 10.7. The Morgan fingerprint density at radius 2 is 0.804 bits per heavy atom. The van der Waals surface area contributed by atoms with Gasteiger partial charge < -0.3 is 14.5 Å². The van der Waals surface area contributed by atoms with Crippen molar-refractivity contribution in [3.63, 3.8) is 0 Å². The number of benzene rings is 7. The van der Waals surface area contributed by atoms with Crippen molar-refractivity contribution in [1.29, 1.82) is 5.26 Å². The zero-order valence-corrected chi connectivity index (χ0v) is 30.8. The lowest BCUT2D eigenvalue weighted by molar-refractivity contribution is 0.477. The molecule has 2 aliphatic heterocycles. The highest BCUT2D eigenvalue weighted by atomic mass is 16.5. The molecule has 0 saturated carbocycles. The Morgan fingerprint density at radius 3 is 1.23 bits per heavy atom. The van der Waals surface area contributed by atoms with E-state index in [9.17, 15) is 5.26 Å². The third-order valence-corrected chi connectivity index (χ3v) is 10.7. The fourth-order valence-corrected chi connectivity index (χ4v) is 7.91. The van der Waals surface area contributed by atoms with Gasteiger partial charge in [0, 0.05) is 33.5 Å². The van der Waals surface area contributed by atoms with Crippen LogP contribution in [0.4, 0.5) is 34.1 Å². The highest BCUT2D eigenvalue weighted by Crippen LogP contribution is 2.52. The SMILES string of the molecule is CC1(C)c2ccccc2N(c2ccc(-c3nc(-c4ccc(C#N)cc4)nc(-c4ccc(N5c6ccccc6Oc6ccccc65)cc4)n3)cc2)c2ccccc21. The highest BCUT2D eigenvalue weighted by molar-refractivity contribution is 5.88. The molecule has 266 valence electrons. The predicted octanol–water partition coefficient (Wildman–Crippen LogP) is 12.4. The van der Waals surface area contributed by atoms with Crippen LogP contribution in [0.25, 0.3) is 34.2 Å². The van der Waals surface area contributed by atoms with Gasteiger partial charge in [-0.05, 0) is 120 Å². The minimum atomic E-state index is -0.137. The standard InChI is InChI=1S/C49H34N6O/c1-49(2)38-11-3-5-13-40(38)54(41-14-6-4-12-39(41)49)36-27-23-34(24-28-36)47-51-46(33-21-19-32(31-50)20-22-33)52-48(53-47)35-25-29-37(30-26-35)55-42-15-7-9-17-44(42)56-45-18-10-8-16-43(45)55/h3-30H,1-2H3. The Bertz CT molecular complexity index is 2730. The van der Waals surface area contributed by atoms with E-state index in [0.717, 1.165) is 50.9 Å². The monoisotopic (exact) mass is 722 g/mol. The molecule has 3 heterocycles. The van der Waals surface area contributed by atoms with Crippen LogP contribution in [0.3, 0.4) is 0 Å². The van der Waals surface area contributed by atoms with Crippen molar-refractivity contribution >= 4 is 34.1 Å². The van der Waals surface area contributed by atoms with E-state index in [4.69, 9.17) is 19.7 Å². The zero-order valence-electron chi connectivity index (χ0n) is 30.8. The van der Waals surface area contributed by atoms with Gasteiger partial charge in [-0.25, -0.2) is 15.0 Å². The first-order valence-corrected chi connectivity index (χ1v) is 18.6. The van der Waals surface area contributed by atoms with Gasteiger partial charge in [-0.2, -0.15) is 5.26 Å². The average molecular weight is 723 g/mol. The van der Waals surface area contributed by atoms with Crippen molar-refractivity contribution in [2.75, 3.05) is 9.80 Å². The molecule has 0 N–H and O–H groups in total. The first kappa shape index (κ1) is 33.0.